The van der Waals surface area contributed by atoms with Crippen LogP contribution in [0.15, 0.2) is 54.2 Å². The number of hydrogen-bond donors (Lipinski definition) is 1. The predicted molar refractivity (Wildman–Crippen MR) is 119 cm³/mol. The van der Waals surface area contributed by atoms with Gasteiger partial charge in [0.25, 0.3) is 0 Å². The van der Waals surface area contributed by atoms with E-state index in [-0.39, 0.29) is 5.91 Å². The SMILES string of the molecule is C=CN(C)C/C=C/C1(C)SC(=NC(C)(C)c2ccccc2Cl)NC1=O.CC. The Morgan fingerprint density at radius 2 is 2.00 bits per heavy atom. The molecule has 148 valence electrons. The van der Waals surface area contributed by atoms with E-state index in [1.807, 2.05) is 83.0 Å². The molecule has 27 heavy (non-hydrogen) atoms. The number of thioether (sulfide) groups is 1. The molecule has 4 nitrogen and oxygen atoms in total. The van der Waals surface area contributed by atoms with Crippen molar-refractivity contribution in [3.05, 3.63) is 59.8 Å². The fourth-order valence-corrected chi connectivity index (χ4v) is 3.94. The summed E-state index contributed by atoms with van der Waals surface area (Å²) in [5, 5.41) is 4.17. The molecule has 1 aliphatic rings. The maximum Gasteiger partial charge on any atom is 0.246 e. The third-order valence-corrected chi connectivity index (χ3v) is 5.50. The summed E-state index contributed by atoms with van der Waals surface area (Å²) in [6.07, 6.45) is 5.63. The van der Waals surface area contributed by atoms with Crippen molar-refractivity contribution in [3.63, 3.8) is 0 Å². The van der Waals surface area contributed by atoms with Gasteiger partial charge in [0, 0.05) is 18.6 Å². The largest absolute Gasteiger partial charge is 0.377 e. The predicted octanol–water partition coefficient (Wildman–Crippen LogP) is 5.21. The molecule has 1 unspecified atom stereocenters. The van der Waals surface area contributed by atoms with Gasteiger partial charge in [-0.3, -0.25) is 9.79 Å². The standard InChI is InChI=1S/C19H24ClN3OS.C2H6/c1-6-23(5)13-9-12-19(4)16(24)21-17(25-19)22-18(2,3)14-10-7-8-11-15(14)20;1-2/h6-12H,1,13H2,2-5H3,(H,21,22,24);1-2H3/b12-9+;. The van der Waals surface area contributed by atoms with Gasteiger partial charge in [-0.2, -0.15) is 0 Å². The maximum atomic E-state index is 12.4. The maximum absolute atomic E-state index is 12.4. The first kappa shape index (κ1) is 23.3. The molecule has 0 bridgehead atoms. The van der Waals surface area contributed by atoms with E-state index in [4.69, 9.17) is 16.6 Å². The topological polar surface area (TPSA) is 44.7 Å². The van der Waals surface area contributed by atoms with E-state index in [0.29, 0.717) is 16.7 Å². The highest BCUT2D eigenvalue weighted by atomic mass is 35.5. The lowest BCUT2D eigenvalue weighted by Crippen LogP contribution is -2.32. The second-order valence-electron chi connectivity index (χ2n) is 6.64. The summed E-state index contributed by atoms with van der Waals surface area (Å²) >= 11 is 7.73. The summed E-state index contributed by atoms with van der Waals surface area (Å²) in [6.45, 7) is 14.3. The Morgan fingerprint density at radius 3 is 2.59 bits per heavy atom. The van der Waals surface area contributed by atoms with E-state index in [0.717, 1.165) is 5.56 Å². The molecular weight excluding hydrogens is 378 g/mol. The highest BCUT2D eigenvalue weighted by Crippen LogP contribution is 2.37. The normalized spacial score (nSPS) is 21.0. The molecule has 1 fully saturated rings. The van der Waals surface area contributed by atoms with Gasteiger partial charge in [-0.15, -0.1) is 0 Å². The number of carbonyl (C=O) groups excluding carboxylic acids is 1. The molecule has 0 aliphatic carbocycles. The molecule has 1 heterocycles. The zero-order chi connectivity index (χ0) is 20.7. The van der Waals surface area contributed by atoms with Gasteiger partial charge >= 0.3 is 0 Å². The van der Waals surface area contributed by atoms with Crippen LogP contribution in [0.1, 0.15) is 40.2 Å². The van der Waals surface area contributed by atoms with Crippen LogP contribution < -0.4 is 5.32 Å². The van der Waals surface area contributed by atoms with Gasteiger partial charge in [-0.1, -0.05) is 74.1 Å². The number of amides is 1. The van der Waals surface area contributed by atoms with Gasteiger partial charge in [0.15, 0.2) is 5.17 Å². The fraction of sp³-hybridized carbons (Fsp3) is 0.429. The quantitative estimate of drug-likeness (QED) is 0.658. The Labute approximate surface area is 172 Å². The van der Waals surface area contributed by atoms with Crippen LogP contribution >= 0.6 is 23.4 Å². The van der Waals surface area contributed by atoms with Crippen LogP contribution in [-0.4, -0.2) is 34.3 Å². The first-order valence-corrected chi connectivity index (χ1v) is 10.2. The molecule has 1 aliphatic heterocycles. The fourth-order valence-electron chi connectivity index (χ4n) is 2.44. The Hall–Kier alpha value is -1.72. The van der Waals surface area contributed by atoms with E-state index in [1.165, 1.54) is 11.8 Å². The van der Waals surface area contributed by atoms with Gasteiger partial charge in [0.1, 0.15) is 4.75 Å². The summed E-state index contributed by atoms with van der Waals surface area (Å²) in [5.41, 5.74) is 0.391. The summed E-state index contributed by atoms with van der Waals surface area (Å²) in [7, 11) is 1.93. The number of nitrogens with zero attached hydrogens (tertiary/aromatic N) is 2. The van der Waals surface area contributed by atoms with Crippen molar-refractivity contribution in [1.82, 2.24) is 10.2 Å². The molecule has 1 amide bonds. The molecule has 0 radical (unpaired) electrons. The van der Waals surface area contributed by atoms with Gasteiger partial charge < -0.3 is 10.2 Å². The van der Waals surface area contributed by atoms with Gasteiger partial charge in [0.2, 0.25) is 5.91 Å². The van der Waals surface area contributed by atoms with Crippen molar-refractivity contribution in [2.24, 2.45) is 4.99 Å². The number of rotatable bonds is 6. The molecule has 1 saturated heterocycles. The van der Waals surface area contributed by atoms with Crippen molar-refractivity contribution in [3.8, 4) is 0 Å². The van der Waals surface area contributed by atoms with Gasteiger partial charge in [-0.05, 0) is 38.6 Å². The first-order valence-electron chi connectivity index (χ1n) is 9.04. The number of amidine groups is 1. The van der Waals surface area contributed by atoms with Crippen molar-refractivity contribution in [1.29, 1.82) is 0 Å². The molecule has 1 aromatic rings. The number of likely N-dealkylation sites (N-methyl/N-ethyl adjacent to an activating group) is 1. The highest BCUT2D eigenvalue weighted by molar-refractivity contribution is 8.16. The summed E-state index contributed by atoms with van der Waals surface area (Å²) < 4.78 is -0.669. The minimum Gasteiger partial charge on any atom is -0.377 e. The highest BCUT2D eigenvalue weighted by Gasteiger charge is 2.41. The second-order valence-corrected chi connectivity index (χ2v) is 8.49. The average Bonchev–Trinajstić information content (AvgIpc) is 2.89. The van der Waals surface area contributed by atoms with Crippen LogP contribution in [0.4, 0.5) is 0 Å². The first-order chi connectivity index (χ1) is 12.7. The molecule has 1 atom stereocenters. The monoisotopic (exact) mass is 407 g/mol. The molecule has 0 aromatic heterocycles. The number of hydrogen-bond acceptors (Lipinski definition) is 4. The van der Waals surface area contributed by atoms with E-state index >= 15 is 0 Å². The molecule has 0 saturated carbocycles. The molecule has 6 heteroatoms. The minimum absolute atomic E-state index is 0.0660. The minimum atomic E-state index is -0.669. The molecule has 0 spiro atoms. The smallest absolute Gasteiger partial charge is 0.246 e. The van der Waals surface area contributed by atoms with Crippen LogP contribution in [0.5, 0.6) is 0 Å². The van der Waals surface area contributed by atoms with E-state index in [2.05, 4.69) is 11.9 Å². The van der Waals surface area contributed by atoms with Crippen molar-refractivity contribution in [2.75, 3.05) is 13.6 Å². The number of benzene rings is 1. The molecule has 1 aromatic carbocycles. The zero-order valence-corrected chi connectivity index (χ0v) is 18.6. The number of halogens is 1. The van der Waals surface area contributed by atoms with Crippen LogP contribution in [0, 0.1) is 0 Å². The number of aliphatic imine (C=N–C) groups is 1. The van der Waals surface area contributed by atoms with E-state index in [9.17, 15) is 4.79 Å². The number of nitrogens with one attached hydrogen (secondary N) is 1. The van der Waals surface area contributed by atoms with Crippen LogP contribution in [0.3, 0.4) is 0 Å². The number of carbonyl (C=O) groups is 1. The van der Waals surface area contributed by atoms with Gasteiger partial charge in [-0.25, -0.2) is 0 Å². The van der Waals surface area contributed by atoms with E-state index < -0.39 is 10.3 Å². The van der Waals surface area contributed by atoms with Crippen LogP contribution in [0.2, 0.25) is 5.02 Å². The lowest BCUT2D eigenvalue weighted by molar-refractivity contribution is -0.120. The van der Waals surface area contributed by atoms with Crippen molar-refractivity contribution >= 4 is 34.4 Å². The Morgan fingerprint density at radius 1 is 1.37 bits per heavy atom. The average molecular weight is 408 g/mol. The third-order valence-electron chi connectivity index (χ3n) is 4.04. The van der Waals surface area contributed by atoms with Crippen molar-refractivity contribution < 1.29 is 4.79 Å². The second kappa shape index (κ2) is 10.00. The summed E-state index contributed by atoms with van der Waals surface area (Å²) in [5.74, 6) is -0.0660. The van der Waals surface area contributed by atoms with Crippen LogP contribution in [-0.2, 0) is 10.3 Å². The van der Waals surface area contributed by atoms with Crippen LogP contribution in [0.25, 0.3) is 0 Å². The molecule has 1 N–H and O–H groups in total. The Balaban J connectivity index is 0.00000176. The lowest BCUT2D eigenvalue weighted by atomic mass is 9.95. The van der Waals surface area contributed by atoms with Gasteiger partial charge in [0.05, 0.1) is 5.54 Å². The summed E-state index contributed by atoms with van der Waals surface area (Å²) in [4.78, 5) is 19.1. The molecular formula is C21H30ClN3OS. The van der Waals surface area contributed by atoms with Crippen molar-refractivity contribution in [2.45, 2.75) is 44.9 Å². The summed E-state index contributed by atoms with van der Waals surface area (Å²) in [6, 6.07) is 7.63. The third kappa shape index (κ3) is 6.15. The Kier molecular flexibility index (Phi) is 8.63. The molecule has 2 rings (SSSR count). The zero-order valence-electron chi connectivity index (χ0n) is 17.0. The van der Waals surface area contributed by atoms with E-state index in [1.54, 1.807) is 6.20 Å². The Bertz CT molecular complexity index is 730. The lowest BCUT2D eigenvalue weighted by Gasteiger charge is -2.22.